The summed E-state index contributed by atoms with van der Waals surface area (Å²) in [5, 5.41) is 13.5. The van der Waals surface area contributed by atoms with E-state index in [2.05, 4.69) is 10.2 Å². The van der Waals surface area contributed by atoms with Crippen molar-refractivity contribution in [1.29, 1.82) is 0 Å². The standard InChI is InChI=1S/C14H17N3O4/c18-14-12(5-8-16-6-1-2-7-16)21-13-9-10(17(19)20)3-4-11(13)15-14/h3-4,9,12H,1-2,5-8H2,(H,15,18)/t12-/m1/s1. The van der Waals surface area contributed by atoms with E-state index in [0.29, 0.717) is 17.9 Å². The van der Waals surface area contributed by atoms with Crippen molar-refractivity contribution in [3.8, 4) is 5.75 Å². The number of carbonyl (C=O) groups excluding carboxylic acids is 1. The van der Waals surface area contributed by atoms with Gasteiger partial charge in [0.2, 0.25) is 0 Å². The van der Waals surface area contributed by atoms with Crippen LogP contribution in [0.4, 0.5) is 11.4 Å². The zero-order valence-electron chi connectivity index (χ0n) is 11.6. The van der Waals surface area contributed by atoms with E-state index in [-0.39, 0.29) is 11.6 Å². The number of carbonyl (C=O) groups is 1. The summed E-state index contributed by atoms with van der Waals surface area (Å²) in [5.74, 6) is 0.186. The van der Waals surface area contributed by atoms with Crippen LogP contribution in [-0.2, 0) is 4.79 Å². The van der Waals surface area contributed by atoms with Crippen LogP contribution in [0.3, 0.4) is 0 Å². The van der Waals surface area contributed by atoms with E-state index in [1.165, 1.54) is 31.0 Å². The maximum absolute atomic E-state index is 12.0. The fraction of sp³-hybridized carbons (Fsp3) is 0.500. The van der Waals surface area contributed by atoms with Gasteiger partial charge in [-0.1, -0.05) is 0 Å². The van der Waals surface area contributed by atoms with Crippen molar-refractivity contribution >= 4 is 17.3 Å². The topological polar surface area (TPSA) is 84.7 Å². The second kappa shape index (κ2) is 5.69. The summed E-state index contributed by atoms with van der Waals surface area (Å²) in [5.41, 5.74) is 0.450. The van der Waals surface area contributed by atoms with Crippen LogP contribution in [0.1, 0.15) is 19.3 Å². The zero-order chi connectivity index (χ0) is 14.8. The summed E-state index contributed by atoms with van der Waals surface area (Å²) in [7, 11) is 0. The molecule has 0 aromatic heterocycles. The van der Waals surface area contributed by atoms with Crippen molar-refractivity contribution in [2.24, 2.45) is 0 Å². The number of nitrogens with zero attached hydrogens (tertiary/aromatic N) is 2. The smallest absolute Gasteiger partial charge is 0.273 e. The van der Waals surface area contributed by atoms with Gasteiger partial charge in [-0.2, -0.15) is 0 Å². The first-order valence-corrected chi connectivity index (χ1v) is 7.12. The molecule has 1 amide bonds. The van der Waals surface area contributed by atoms with Gasteiger partial charge in [0.1, 0.15) is 0 Å². The largest absolute Gasteiger partial charge is 0.478 e. The molecule has 7 heteroatoms. The molecular weight excluding hydrogens is 274 g/mol. The van der Waals surface area contributed by atoms with E-state index in [1.807, 2.05) is 0 Å². The Labute approximate surface area is 122 Å². The molecule has 1 N–H and O–H groups in total. The molecule has 112 valence electrons. The number of non-ortho nitro benzene ring substituents is 1. The molecule has 1 fully saturated rings. The van der Waals surface area contributed by atoms with Crippen LogP contribution in [0.5, 0.6) is 5.75 Å². The molecule has 1 aromatic carbocycles. The van der Waals surface area contributed by atoms with E-state index in [1.54, 1.807) is 0 Å². The number of likely N-dealkylation sites (tertiary alicyclic amines) is 1. The van der Waals surface area contributed by atoms with Crippen molar-refractivity contribution < 1.29 is 14.5 Å². The van der Waals surface area contributed by atoms with Crippen LogP contribution in [0.25, 0.3) is 0 Å². The number of hydrogen-bond acceptors (Lipinski definition) is 5. The molecule has 0 saturated carbocycles. The number of nitrogens with one attached hydrogen (secondary N) is 1. The number of fused-ring (bicyclic) bond motifs is 1. The third-order valence-corrected chi connectivity index (χ3v) is 3.90. The van der Waals surface area contributed by atoms with Gasteiger partial charge in [-0.3, -0.25) is 14.9 Å². The predicted molar refractivity (Wildman–Crippen MR) is 76.4 cm³/mol. The molecule has 0 radical (unpaired) electrons. The molecule has 0 aliphatic carbocycles. The van der Waals surface area contributed by atoms with Crippen LogP contribution < -0.4 is 10.1 Å². The third kappa shape index (κ3) is 2.97. The summed E-state index contributed by atoms with van der Waals surface area (Å²) in [6.07, 6.45) is 2.41. The number of anilines is 1. The van der Waals surface area contributed by atoms with Crippen LogP contribution in [0, 0.1) is 10.1 Å². The van der Waals surface area contributed by atoms with E-state index >= 15 is 0 Å². The molecule has 0 spiro atoms. The van der Waals surface area contributed by atoms with Crippen molar-refractivity contribution in [3.05, 3.63) is 28.3 Å². The fourth-order valence-electron chi connectivity index (χ4n) is 2.74. The van der Waals surface area contributed by atoms with Gasteiger partial charge < -0.3 is 15.0 Å². The number of rotatable bonds is 4. The van der Waals surface area contributed by atoms with Crippen molar-refractivity contribution in [2.45, 2.75) is 25.4 Å². The Morgan fingerprint density at radius 3 is 2.86 bits per heavy atom. The summed E-state index contributed by atoms with van der Waals surface area (Å²) < 4.78 is 5.65. The molecule has 1 atom stereocenters. The Balaban J connectivity index is 1.69. The molecule has 1 aromatic rings. The Morgan fingerprint density at radius 1 is 1.38 bits per heavy atom. The number of hydrogen-bond donors (Lipinski definition) is 1. The lowest BCUT2D eigenvalue weighted by Crippen LogP contribution is -2.39. The first-order valence-electron chi connectivity index (χ1n) is 7.12. The van der Waals surface area contributed by atoms with E-state index in [9.17, 15) is 14.9 Å². The van der Waals surface area contributed by atoms with Gasteiger partial charge in [-0.15, -0.1) is 0 Å². The molecule has 2 heterocycles. The zero-order valence-corrected chi connectivity index (χ0v) is 11.6. The Hall–Kier alpha value is -2.15. The number of nitro groups is 1. The lowest BCUT2D eigenvalue weighted by atomic mass is 10.1. The van der Waals surface area contributed by atoms with E-state index < -0.39 is 11.0 Å². The van der Waals surface area contributed by atoms with Crippen LogP contribution >= 0.6 is 0 Å². The lowest BCUT2D eigenvalue weighted by molar-refractivity contribution is -0.384. The first kappa shape index (κ1) is 13.8. The number of nitro benzene ring substituents is 1. The maximum atomic E-state index is 12.0. The highest BCUT2D eigenvalue weighted by molar-refractivity contribution is 5.97. The summed E-state index contributed by atoms with van der Waals surface area (Å²) >= 11 is 0. The van der Waals surface area contributed by atoms with E-state index in [4.69, 9.17) is 4.74 Å². The number of benzene rings is 1. The highest BCUT2D eigenvalue weighted by Crippen LogP contribution is 2.33. The average molecular weight is 291 g/mol. The Bertz CT molecular complexity index is 569. The summed E-state index contributed by atoms with van der Waals surface area (Å²) in [6.45, 7) is 2.94. The summed E-state index contributed by atoms with van der Waals surface area (Å²) in [4.78, 5) is 24.6. The van der Waals surface area contributed by atoms with Crippen LogP contribution in [0.15, 0.2) is 18.2 Å². The van der Waals surface area contributed by atoms with Crippen molar-refractivity contribution in [1.82, 2.24) is 4.90 Å². The number of amides is 1. The van der Waals surface area contributed by atoms with Crippen molar-refractivity contribution in [3.63, 3.8) is 0 Å². The summed E-state index contributed by atoms with van der Waals surface area (Å²) in [6, 6.07) is 4.21. The Kier molecular flexibility index (Phi) is 3.74. The second-order valence-electron chi connectivity index (χ2n) is 5.37. The molecule has 21 heavy (non-hydrogen) atoms. The minimum atomic E-state index is -0.583. The fourth-order valence-corrected chi connectivity index (χ4v) is 2.74. The predicted octanol–water partition coefficient (Wildman–Crippen LogP) is 1.78. The van der Waals surface area contributed by atoms with Gasteiger partial charge in [0, 0.05) is 19.0 Å². The second-order valence-corrected chi connectivity index (χ2v) is 5.37. The highest BCUT2D eigenvalue weighted by Gasteiger charge is 2.29. The average Bonchev–Trinajstić information content (AvgIpc) is 2.97. The lowest BCUT2D eigenvalue weighted by Gasteiger charge is -2.27. The van der Waals surface area contributed by atoms with Crippen LogP contribution in [0.2, 0.25) is 0 Å². The molecule has 1 saturated heterocycles. The molecule has 0 bridgehead atoms. The molecular formula is C14H17N3O4. The van der Waals surface area contributed by atoms with Gasteiger partial charge in [0.25, 0.3) is 11.6 Å². The maximum Gasteiger partial charge on any atom is 0.273 e. The Morgan fingerprint density at radius 2 is 2.14 bits per heavy atom. The molecule has 2 aliphatic rings. The van der Waals surface area contributed by atoms with Gasteiger partial charge in [-0.05, 0) is 32.0 Å². The molecule has 2 aliphatic heterocycles. The minimum Gasteiger partial charge on any atom is -0.478 e. The quantitative estimate of drug-likeness (QED) is 0.675. The molecule has 7 nitrogen and oxygen atoms in total. The van der Waals surface area contributed by atoms with Crippen LogP contribution in [-0.4, -0.2) is 41.5 Å². The van der Waals surface area contributed by atoms with E-state index in [0.717, 1.165) is 19.6 Å². The van der Waals surface area contributed by atoms with Gasteiger partial charge in [-0.25, -0.2) is 0 Å². The number of ether oxygens (including phenoxy) is 1. The first-order chi connectivity index (χ1) is 10.1. The highest BCUT2D eigenvalue weighted by atomic mass is 16.6. The normalized spacial score (nSPS) is 21.5. The van der Waals surface area contributed by atoms with Crippen molar-refractivity contribution in [2.75, 3.05) is 25.0 Å². The van der Waals surface area contributed by atoms with Gasteiger partial charge in [0.05, 0.1) is 16.7 Å². The van der Waals surface area contributed by atoms with Gasteiger partial charge >= 0.3 is 0 Å². The molecule has 3 rings (SSSR count). The molecule has 0 unspecified atom stereocenters. The van der Waals surface area contributed by atoms with Gasteiger partial charge in [0.15, 0.2) is 11.9 Å². The third-order valence-electron chi connectivity index (χ3n) is 3.90. The minimum absolute atomic E-state index is 0.0387. The SMILES string of the molecule is O=C1Nc2ccc([N+](=O)[O-])cc2O[C@@H]1CCN1CCCC1. The monoisotopic (exact) mass is 291 g/mol.